The molecule has 4 nitrogen and oxygen atoms in total. The van der Waals surface area contributed by atoms with Gasteiger partial charge in [-0.15, -0.1) is 11.3 Å². The van der Waals surface area contributed by atoms with E-state index in [2.05, 4.69) is 4.98 Å². The fraction of sp³-hybridized carbons (Fsp3) is 0.636. The zero-order chi connectivity index (χ0) is 11.8. The van der Waals surface area contributed by atoms with Gasteiger partial charge in [-0.25, -0.2) is 4.98 Å². The van der Waals surface area contributed by atoms with Crippen molar-refractivity contribution in [3.8, 4) is 0 Å². The van der Waals surface area contributed by atoms with Crippen molar-refractivity contribution in [2.45, 2.75) is 31.8 Å². The molecule has 0 bridgehead atoms. The molecule has 1 aliphatic rings. The van der Waals surface area contributed by atoms with E-state index < -0.39 is 11.6 Å². The Bertz CT molecular complexity index is 379. The highest BCUT2D eigenvalue weighted by molar-refractivity contribution is 7.09. The van der Waals surface area contributed by atoms with Gasteiger partial charge in [-0.2, -0.15) is 0 Å². The van der Waals surface area contributed by atoms with Gasteiger partial charge in [0.05, 0.1) is 5.92 Å². The van der Waals surface area contributed by atoms with Crippen molar-refractivity contribution in [1.82, 2.24) is 4.98 Å². The van der Waals surface area contributed by atoms with Crippen LogP contribution in [0.5, 0.6) is 0 Å². The predicted molar refractivity (Wildman–Crippen MR) is 60.2 cm³/mol. The number of aliphatic hydroxyl groups is 1. The van der Waals surface area contributed by atoms with E-state index in [1.807, 2.05) is 12.3 Å². The number of carboxylic acids is 1. The van der Waals surface area contributed by atoms with Crippen LogP contribution in [0, 0.1) is 11.8 Å². The van der Waals surface area contributed by atoms with Gasteiger partial charge in [0, 0.05) is 11.6 Å². The van der Waals surface area contributed by atoms with Crippen LogP contribution in [-0.2, 0) is 10.4 Å². The standard InChI is InChI=1S/C11H15NO3S/c1-7-6-11(15,10-12-4-5-16-10)3-2-8(7)9(13)14/h4-5,7-8,15H,2-3,6H2,1H3,(H,13,14)/t7?,8?,11-/m0/s1. The molecule has 0 radical (unpaired) electrons. The maximum atomic E-state index is 11.0. The smallest absolute Gasteiger partial charge is 0.306 e. The molecular weight excluding hydrogens is 226 g/mol. The number of aromatic nitrogens is 1. The van der Waals surface area contributed by atoms with Crippen molar-refractivity contribution in [1.29, 1.82) is 0 Å². The zero-order valence-corrected chi connectivity index (χ0v) is 9.91. The molecule has 16 heavy (non-hydrogen) atoms. The van der Waals surface area contributed by atoms with Gasteiger partial charge in [0.25, 0.3) is 0 Å². The number of carbonyl (C=O) groups is 1. The third-order valence-electron chi connectivity index (χ3n) is 3.36. The Balaban J connectivity index is 2.15. The second kappa shape index (κ2) is 4.14. The molecule has 2 N–H and O–H groups in total. The summed E-state index contributed by atoms with van der Waals surface area (Å²) in [6.07, 6.45) is 3.16. The SMILES string of the molecule is CC1C[C@](O)(c2nccs2)CCC1C(=O)O. The number of hydrogen-bond acceptors (Lipinski definition) is 4. The van der Waals surface area contributed by atoms with Crippen molar-refractivity contribution in [2.75, 3.05) is 0 Å². The molecule has 1 aliphatic carbocycles. The Hall–Kier alpha value is -0.940. The quantitative estimate of drug-likeness (QED) is 0.829. The summed E-state index contributed by atoms with van der Waals surface area (Å²) < 4.78 is 0. The summed E-state index contributed by atoms with van der Waals surface area (Å²) in [5, 5.41) is 22.0. The van der Waals surface area contributed by atoms with Gasteiger partial charge in [-0.3, -0.25) is 4.79 Å². The first kappa shape index (κ1) is 11.5. The molecule has 1 saturated carbocycles. The Morgan fingerprint density at radius 2 is 2.44 bits per heavy atom. The highest BCUT2D eigenvalue weighted by Crippen LogP contribution is 2.43. The number of thiazole rings is 1. The van der Waals surface area contributed by atoms with Gasteiger partial charge in [0.2, 0.25) is 0 Å². The second-order valence-electron chi connectivity index (χ2n) is 4.53. The van der Waals surface area contributed by atoms with Crippen molar-refractivity contribution < 1.29 is 15.0 Å². The van der Waals surface area contributed by atoms with Crippen LogP contribution in [0.15, 0.2) is 11.6 Å². The summed E-state index contributed by atoms with van der Waals surface area (Å²) in [5.74, 6) is -1.10. The molecule has 3 atom stereocenters. The van der Waals surface area contributed by atoms with Gasteiger partial charge in [-0.1, -0.05) is 6.92 Å². The average molecular weight is 241 g/mol. The molecule has 88 valence electrons. The van der Waals surface area contributed by atoms with Crippen LogP contribution >= 0.6 is 11.3 Å². The fourth-order valence-corrected chi connectivity index (χ4v) is 3.25. The molecule has 1 heterocycles. The minimum absolute atomic E-state index is 0.0138. The molecule has 0 aromatic carbocycles. The lowest BCUT2D eigenvalue weighted by molar-refractivity contribution is -0.148. The van der Waals surface area contributed by atoms with Gasteiger partial charge in [0.1, 0.15) is 10.6 Å². The monoisotopic (exact) mass is 241 g/mol. The summed E-state index contributed by atoms with van der Waals surface area (Å²) in [7, 11) is 0. The van der Waals surface area contributed by atoms with Crippen LogP contribution in [0.25, 0.3) is 0 Å². The van der Waals surface area contributed by atoms with Crippen molar-refractivity contribution in [2.24, 2.45) is 11.8 Å². The average Bonchev–Trinajstić information content (AvgIpc) is 2.69. The summed E-state index contributed by atoms with van der Waals surface area (Å²) in [6.45, 7) is 1.89. The largest absolute Gasteiger partial charge is 0.481 e. The molecule has 1 aromatic heterocycles. The molecule has 0 saturated heterocycles. The third-order valence-corrected chi connectivity index (χ3v) is 4.33. The summed E-state index contributed by atoms with van der Waals surface area (Å²) in [6, 6.07) is 0. The first-order valence-electron chi connectivity index (χ1n) is 5.38. The Kier molecular flexibility index (Phi) is 2.99. The summed E-state index contributed by atoms with van der Waals surface area (Å²) in [5.41, 5.74) is -0.917. The van der Waals surface area contributed by atoms with Gasteiger partial charge < -0.3 is 10.2 Å². The molecule has 2 rings (SSSR count). The maximum absolute atomic E-state index is 11.0. The van der Waals surface area contributed by atoms with E-state index >= 15 is 0 Å². The van der Waals surface area contributed by atoms with Crippen LogP contribution in [0.2, 0.25) is 0 Å². The Labute approximate surface area is 98.0 Å². The van der Waals surface area contributed by atoms with Crippen LogP contribution in [-0.4, -0.2) is 21.2 Å². The first-order chi connectivity index (χ1) is 7.53. The molecule has 0 amide bonds. The number of carboxylic acid groups (broad SMARTS) is 1. The van der Waals surface area contributed by atoms with Gasteiger partial charge >= 0.3 is 5.97 Å². The van der Waals surface area contributed by atoms with Gasteiger partial charge in [0.15, 0.2) is 0 Å². The number of aliphatic carboxylic acids is 1. The summed E-state index contributed by atoms with van der Waals surface area (Å²) >= 11 is 1.43. The molecule has 2 unspecified atom stereocenters. The van der Waals surface area contributed by atoms with Gasteiger partial charge in [-0.05, 0) is 25.2 Å². The number of hydrogen-bond donors (Lipinski definition) is 2. The normalized spacial score (nSPS) is 34.9. The van der Waals surface area contributed by atoms with Crippen molar-refractivity contribution in [3.63, 3.8) is 0 Å². The molecule has 0 spiro atoms. The lowest BCUT2D eigenvalue weighted by Gasteiger charge is -2.37. The molecular formula is C11H15NO3S. The van der Waals surface area contributed by atoms with E-state index in [0.29, 0.717) is 24.3 Å². The molecule has 1 aromatic rings. The predicted octanol–water partition coefficient (Wildman–Crippen LogP) is 1.85. The van der Waals surface area contributed by atoms with Crippen LogP contribution < -0.4 is 0 Å². The first-order valence-corrected chi connectivity index (χ1v) is 6.26. The minimum atomic E-state index is -0.917. The second-order valence-corrected chi connectivity index (χ2v) is 5.43. The lowest BCUT2D eigenvalue weighted by Crippen LogP contribution is -2.38. The van der Waals surface area contributed by atoms with Crippen molar-refractivity contribution in [3.05, 3.63) is 16.6 Å². The number of nitrogens with zero attached hydrogens (tertiary/aromatic N) is 1. The van der Waals surface area contributed by atoms with Crippen LogP contribution in [0.4, 0.5) is 0 Å². The van der Waals surface area contributed by atoms with E-state index in [9.17, 15) is 9.90 Å². The lowest BCUT2D eigenvalue weighted by atomic mass is 9.72. The summed E-state index contributed by atoms with van der Waals surface area (Å²) in [4.78, 5) is 15.1. The Morgan fingerprint density at radius 3 is 2.94 bits per heavy atom. The van der Waals surface area contributed by atoms with E-state index in [1.165, 1.54) is 11.3 Å². The highest BCUT2D eigenvalue weighted by Gasteiger charge is 2.42. The van der Waals surface area contributed by atoms with E-state index in [1.54, 1.807) is 6.20 Å². The maximum Gasteiger partial charge on any atom is 0.306 e. The van der Waals surface area contributed by atoms with E-state index in [0.717, 1.165) is 0 Å². The van der Waals surface area contributed by atoms with Crippen LogP contribution in [0.1, 0.15) is 31.2 Å². The van der Waals surface area contributed by atoms with E-state index in [4.69, 9.17) is 5.11 Å². The zero-order valence-electron chi connectivity index (χ0n) is 9.09. The van der Waals surface area contributed by atoms with E-state index in [-0.39, 0.29) is 11.8 Å². The molecule has 5 heteroatoms. The molecule has 1 fully saturated rings. The Morgan fingerprint density at radius 1 is 1.69 bits per heavy atom. The van der Waals surface area contributed by atoms with Crippen molar-refractivity contribution >= 4 is 17.3 Å². The third kappa shape index (κ3) is 1.97. The number of rotatable bonds is 2. The van der Waals surface area contributed by atoms with Crippen LogP contribution in [0.3, 0.4) is 0 Å². The molecule has 0 aliphatic heterocycles. The minimum Gasteiger partial charge on any atom is -0.481 e. The fourth-order valence-electron chi connectivity index (χ4n) is 2.47. The topological polar surface area (TPSA) is 70.4 Å². The highest BCUT2D eigenvalue weighted by atomic mass is 32.1.